The van der Waals surface area contributed by atoms with E-state index >= 15 is 0 Å². The lowest BCUT2D eigenvalue weighted by molar-refractivity contribution is 0.00378. The summed E-state index contributed by atoms with van der Waals surface area (Å²) in [5.74, 6) is 0.746. The minimum atomic E-state index is -3.65. The average molecular weight is 390 g/mol. The molecular formula is C21H27NO4S. The normalized spacial score (nSPS) is 15.6. The molecule has 1 aliphatic rings. The fraction of sp³-hybridized carbons (Fsp3) is 0.429. The molecule has 1 N–H and O–H groups in total. The largest absolute Gasteiger partial charge is 0.493 e. The summed E-state index contributed by atoms with van der Waals surface area (Å²) in [4.78, 5) is 0.253. The summed E-state index contributed by atoms with van der Waals surface area (Å²) in [6, 6.07) is 11.5. The molecule has 0 aromatic heterocycles. The summed E-state index contributed by atoms with van der Waals surface area (Å²) in [6.07, 6.45) is 1.40. The summed E-state index contributed by atoms with van der Waals surface area (Å²) < 4.78 is 39.9. The van der Waals surface area contributed by atoms with E-state index in [4.69, 9.17) is 9.47 Å². The zero-order chi connectivity index (χ0) is 19.7. The number of hydrogen-bond acceptors (Lipinski definition) is 4. The van der Waals surface area contributed by atoms with Crippen LogP contribution in [-0.4, -0.2) is 34.3 Å². The molecule has 0 atom stereocenters. The van der Waals surface area contributed by atoms with Gasteiger partial charge in [0.05, 0.1) is 17.1 Å². The Kier molecular flexibility index (Phi) is 5.60. The first-order valence-electron chi connectivity index (χ1n) is 9.16. The molecular weight excluding hydrogens is 362 g/mol. The average Bonchev–Trinajstić information content (AvgIpc) is 3.02. The van der Waals surface area contributed by atoms with Gasteiger partial charge in [0.1, 0.15) is 5.75 Å². The maximum Gasteiger partial charge on any atom is 0.240 e. The van der Waals surface area contributed by atoms with Gasteiger partial charge in [-0.1, -0.05) is 24.3 Å². The fourth-order valence-corrected chi connectivity index (χ4v) is 5.03. The lowest BCUT2D eigenvalue weighted by Crippen LogP contribution is -2.45. The molecule has 0 spiro atoms. The number of ether oxygens (including phenoxy) is 2. The number of rotatable bonds is 7. The number of methoxy groups -OCH3 is 1. The van der Waals surface area contributed by atoms with Crippen LogP contribution in [0.3, 0.4) is 0 Å². The van der Waals surface area contributed by atoms with E-state index in [1.165, 1.54) is 11.1 Å². The molecule has 5 nitrogen and oxygen atoms in total. The number of nitrogens with one attached hydrogen (secondary N) is 1. The molecule has 0 amide bonds. The lowest BCUT2D eigenvalue weighted by atomic mass is 10.0. The minimum Gasteiger partial charge on any atom is -0.493 e. The van der Waals surface area contributed by atoms with Gasteiger partial charge in [-0.15, -0.1) is 0 Å². The van der Waals surface area contributed by atoms with Gasteiger partial charge in [-0.25, -0.2) is 13.1 Å². The van der Waals surface area contributed by atoms with Crippen molar-refractivity contribution in [1.29, 1.82) is 0 Å². The third-order valence-corrected chi connectivity index (χ3v) is 6.57. The van der Waals surface area contributed by atoms with Crippen LogP contribution >= 0.6 is 0 Å². The minimum absolute atomic E-state index is 0.228. The smallest absolute Gasteiger partial charge is 0.240 e. The molecule has 0 saturated heterocycles. The Morgan fingerprint density at radius 3 is 2.11 bits per heavy atom. The Labute approximate surface area is 161 Å². The summed E-state index contributed by atoms with van der Waals surface area (Å²) in [5.41, 5.74) is 3.50. The van der Waals surface area contributed by atoms with Crippen LogP contribution in [-0.2, 0) is 27.6 Å². The fourth-order valence-electron chi connectivity index (χ4n) is 3.75. The van der Waals surface area contributed by atoms with Gasteiger partial charge in [-0.3, -0.25) is 0 Å². The van der Waals surface area contributed by atoms with Crippen molar-refractivity contribution in [1.82, 2.24) is 4.72 Å². The first-order chi connectivity index (χ1) is 12.8. The van der Waals surface area contributed by atoms with E-state index in [9.17, 15) is 8.42 Å². The maximum absolute atomic E-state index is 12.9. The Balaban J connectivity index is 1.79. The Bertz CT molecular complexity index is 889. The van der Waals surface area contributed by atoms with Gasteiger partial charge < -0.3 is 9.47 Å². The number of fused-ring (bicyclic) bond motifs is 1. The van der Waals surface area contributed by atoms with Gasteiger partial charge in [-0.05, 0) is 55.2 Å². The van der Waals surface area contributed by atoms with Crippen LogP contribution in [0.15, 0.2) is 41.3 Å². The first-order valence-corrected chi connectivity index (χ1v) is 10.6. The molecule has 146 valence electrons. The van der Waals surface area contributed by atoms with E-state index in [-0.39, 0.29) is 11.4 Å². The van der Waals surface area contributed by atoms with Gasteiger partial charge in [-0.2, -0.15) is 0 Å². The molecule has 0 unspecified atom stereocenters. The first kappa shape index (κ1) is 19.9. The SMILES string of the molecule is CCOc1c(C)cc(S(=O)(=O)NCC2(OC)Cc3ccccc3C2)cc1C. The molecule has 0 saturated carbocycles. The molecule has 2 aromatic rings. The molecule has 0 fully saturated rings. The Morgan fingerprint density at radius 2 is 1.63 bits per heavy atom. The third-order valence-electron chi connectivity index (χ3n) is 5.19. The zero-order valence-electron chi connectivity index (χ0n) is 16.3. The van der Waals surface area contributed by atoms with Crippen molar-refractivity contribution < 1.29 is 17.9 Å². The van der Waals surface area contributed by atoms with Crippen molar-refractivity contribution in [3.63, 3.8) is 0 Å². The number of aryl methyl sites for hydroxylation is 2. The predicted octanol–water partition coefficient (Wildman–Crippen LogP) is 3.16. The van der Waals surface area contributed by atoms with Crippen LogP contribution in [0.25, 0.3) is 0 Å². The van der Waals surface area contributed by atoms with Crippen LogP contribution in [0.5, 0.6) is 5.75 Å². The molecule has 0 heterocycles. The van der Waals surface area contributed by atoms with Crippen molar-refractivity contribution in [3.8, 4) is 5.75 Å². The highest BCUT2D eigenvalue weighted by atomic mass is 32.2. The highest BCUT2D eigenvalue weighted by Crippen LogP contribution is 2.33. The van der Waals surface area contributed by atoms with Crippen molar-refractivity contribution in [2.24, 2.45) is 0 Å². The number of sulfonamides is 1. The van der Waals surface area contributed by atoms with E-state index < -0.39 is 15.6 Å². The molecule has 0 radical (unpaired) electrons. The summed E-state index contributed by atoms with van der Waals surface area (Å²) >= 11 is 0. The van der Waals surface area contributed by atoms with Crippen LogP contribution < -0.4 is 9.46 Å². The van der Waals surface area contributed by atoms with Crippen molar-refractivity contribution in [2.75, 3.05) is 20.3 Å². The summed E-state index contributed by atoms with van der Waals surface area (Å²) in [7, 11) is -2.00. The highest BCUT2D eigenvalue weighted by Gasteiger charge is 2.38. The van der Waals surface area contributed by atoms with Crippen LogP contribution in [0, 0.1) is 13.8 Å². The summed E-state index contributed by atoms with van der Waals surface area (Å²) in [5, 5.41) is 0. The molecule has 0 bridgehead atoms. The number of hydrogen-bond donors (Lipinski definition) is 1. The van der Waals surface area contributed by atoms with Gasteiger partial charge in [0.25, 0.3) is 0 Å². The van der Waals surface area contributed by atoms with E-state index in [0.29, 0.717) is 19.4 Å². The number of benzene rings is 2. The standard InChI is InChI=1S/C21H27NO4S/c1-5-26-20-15(2)10-19(11-16(20)3)27(23,24)22-14-21(25-4)12-17-8-6-7-9-18(17)13-21/h6-11,22H,5,12-14H2,1-4H3. The van der Waals surface area contributed by atoms with Gasteiger partial charge in [0.15, 0.2) is 0 Å². The van der Waals surface area contributed by atoms with Crippen molar-refractivity contribution >= 4 is 10.0 Å². The molecule has 0 aliphatic heterocycles. The third kappa shape index (κ3) is 4.03. The van der Waals surface area contributed by atoms with Crippen LogP contribution in [0.4, 0.5) is 0 Å². The Morgan fingerprint density at radius 1 is 1.07 bits per heavy atom. The van der Waals surface area contributed by atoms with E-state index in [0.717, 1.165) is 16.9 Å². The monoisotopic (exact) mass is 389 g/mol. The van der Waals surface area contributed by atoms with Gasteiger partial charge in [0.2, 0.25) is 10.0 Å². The van der Waals surface area contributed by atoms with E-state index in [1.54, 1.807) is 19.2 Å². The topological polar surface area (TPSA) is 64.6 Å². The van der Waals surface area contributed by atoms with Gasteiger partial charge in [0, 0.05) is 26.5 Å². The maximum atomic E-state index is 12.9. The van der Waals surface area contributed by atoms with Crippen LogP contribution in [0.2, 0.25) is 0 Å². The molecule has 1 aliphatic carbocycles. The Hall–Kier alpha value is -1.89. The lowest BCUT2D eigenvalue weighted by Gasteiger charge is -2.27. The highest BCUT2D eigenvalue weighted by molar-refractivity contribution is 7.89. The predicted molar refractivity (Wildman–Crippen MR) is 106 cm³/mol. The summed E-state index contributed by atoms with van der Waals surface area (Å²) in [6.45, 7) is 6.41. The van der Waals surface area contributed by atoms with Crippen molar-refractivity contribution in [2.45, 2.75) is 44.1 Å². The van der Waals surface area contributed by atoms with Crippen LogP contribution in [0.1, 0.15) is 29.2 Å². The molecule has 27 heavy (non-hydrogen) atoms. The second-order valence-corrected chi connectivity index (χ2v) is 8.92. The zero-order valence-corrected chi connectivity index (χ0v) is 17.2. The van der Waals surface area contributed by atoms with E-state index in [1.807, 2.05) is 32.9 Å². The quantitative estimate of drug-likeness (QED) is 0.790. The second kappa shape index (κ2) is 7.62. The van der Waals surface area contributed by atoms with Crippen molar-refractivity contribution in [3.05, 3.63) is 58.7 Å². The second-order valence-electron chi connectivity index (χ2n) is 7.15. The molecule has 6 heteroatoms. The van der Waals surface area contributed by atoms with Gasteiger partial charge >= 0.3 is 0 Å². The molecule has 2 aromatic carbocycles. The van der Waals surface area contributed by atoms with E-state index in [2.05, 4.69) is 16.9 Å². The molecule has 3 rings (SSSR count).